The van der Waals surface area contributed by atoms with Crippen LogP contribution in [-0.2, 0) is 14.3 Å². The van der Waals surface area contributed by atoms with Crippen LogP contribution in [0, 0.1) is 0 Å². The number of halogens is 1. The van der Waals surface area contributed by atoms with E-state index in [2.05, 4.69) is 15.9 Å². The Balaban J connectivity index is 1.78. The summed E-state index contributed by atoms with van der Waals surface area (Å²) in [5, 5.41) is 10.8. The van der Waals surface area contributed by atoms with Crippen molar-refractivity contribution in [3.63, 3.8) is 0 Å². The van der Waals surface area contributed by atoms with E-state index in [0.717, 1.165) is 17.3 Å². The number of carbonyl (C=O) groups excluding carboxylic acids is 2. The standard InChI is InChI=1S/C20H18BrNO5/c21-13-7-5-12(6-8-13)18(23)16-17(15-4-2-10-27-15)22(20(25)19(16)24)11-14-3-1-9-26-14/h2,4-8,10,14,17,23H,1,3,9,11H2/b18-16-. The van der Waals surface area contributed by atoms with Crippen LogP contribution in [0.5, 0.6) is 0 Å². The average molecular weight is 432 g/mol. The second kappa shape index (κ2) is 7.32. The Hall–Kier alpha value is -2.38. The molecule has 140 valence electrons. The predicted octanol–water partition coefficient (Wildman–Crippen LogP) is 3.64. The van der Waals surface area contributed by atoms with Crippen molar-refractivity contribution in [3.05, 3.63) is 64.0 Å². The highest BCUT2D eigenvalue weighted by molar-refractivity contribution is 9.10. The van der Waals surface area contributed by atoms with Crippen LogP contribution in [-0.4, -0.2) is 41.0 Å². The van der Waals surface area contributed by atoms with Gasteiger partial charge in [-0.3, -0.25) is 9.59 Å². The number of amides is 1. The number of benzene rings is 1. The first-order valence-electron chi connectivity index (χ1n) is 8.75. The molecular formula is C20H18BrNO5. The summed E-state index contributed by atoms with van der Waals surface area (Å²) in [6.07, 6.45) is 3.13. The molecule has 1 aromatic heterocycles. The molecule has 0 aliphatic carbocycles. The van der Waals surface area contributed by atoms with Crippen LogP contribution in [0.25, 0.3) is 5.76 Å². The number of ether oxygens (including phenoxy) is 1. The molecule has 1 amide bonds. The van der Waals surface area contributed by atoms with Crippen molar-refractivity contribution in [1.82, 2.24) is 4.90 Å². The SMILES string of the molecule is O=C1C(=O)N(CC2CCCO2)C(c2ccco2)/C1=C(/O)c1ccc(Br)cc1. The number of nitrogens with zero attached hydrogens (tertiary/aromatic N) is 1. The number of rotatable bonds is 4. The summed E-state index contributed by atoms with van der Waals surface area (Å²) in [6, 6.07) is 9.53. The van der Waals surface area contributed by atoms with E-state index >= 15 is 0 Å². The van der Waals surface area contributed by atoms with E-state index in [1.807, 2.05) is 0 Å². The van der Waals surface area contributed by atoms with E-state index in [4.69, 9.17) is 9.15 Å². The molecule has 4 rings (SSSR count). The molecule has 2 unspecified atom stereocenters. The van der Waals surface area contributed by atoms with Crippen LogP contribution in [0.15, 0.2) is 57.1 Å². The van der Waals surface area contributed by atoms with Gasteiger partial charge in [-0.25, -0.2) is 0 Å². The van der Waals surface area contributed by atoms with Crippen molar-refractivity contribution in [3.8, 4) is 0 Å². The molecule has 3 heterocycles. The topological polar surface area (TPSA) is 80.0 Å². The Labute approximate surface area is 164 Å². The summed E-state index contributed by atoms with van der Waals surface area (Å²) in [5.41, 5.74) is 0.500. The Morgan fingerprint density at radius 3 is 2.63 bits per heavy atom. The number of hydrogen-bond donors (Lipinski definition) is 1. The number of aliphatic hydroxyl groups excluding tert-OH is 1. The molecule has 27 heavy (non-hydrogen) atoms. The van der Waals surface area contributed by atoms with Crippen molar-refractivity contribution >= 4 is 33.4 Å². The van der Waals surface area contributed by atoms with Crippen LogP contribution in [0.3, 0.4) is 0 Å². The molecule has 2 aromatic rings. The van der Waals surface area contributed by atoms with Gasteiger partial charge < -0.3 is 19.2 Å². The number of hydrogen-bond acceptors (Lipinski definition) is 5. The maximum Gasteiger partial charge on any atom is 0.295 e. The van der Waals surface area contributed by atoms with E-state index in [9.17, 15) is 14.7 Å². The Morgan fingerprint density at radius 2 is 2.00 bits per heavy atom. The number of aliphatic hydroxyl groups is 1. The fourth-order valence-corrected chi connectivity index (χ4v) is 3.85. The molecule has 2 fully saturated rings. The number of carbonyl (C=O) groups is 2. The zero-order valence-electron chi connectivity index (χ0n) is 14.4. The smallest absolute Gasteiger partial charge is 0.295 e. The monoisotopic (exact) mass is 431 g/mol. The summed E-state index contributed by atoms with van der Waals surface area (Å²) >= 11 is 3.35. The summed E-state index contributed by atoms with van der Waals surface area (Å²) in [7, 11) is 0. The minimum absolute atomic E-state index is 0.0373. The first-order chi connectivity index (χ1) is 13.1. The molecule has 1 N–H and O–H groups in total. The number of furan rings is 1. The molecule has 0 spiro atoms. The third-order valence-corrected chi connectivity index (χ3v) is 5.42. The Morgan fingerprint density at radius 1 is 1.22 bits per heavy atom. The highest BCUT2D eigenvalue weighted by Gasteiger charge is 2.48. The van der Waals surface area contributed by atoms with Crippen LogP contribution in [0.2, 0.25) is 0 Å². The lowest BCUT2D eigenvalue weighted by atomic mass is 9.99. The summed E-state index contributed by atoms with van der Waals surface area (Å²) in [4.78, 5) is 26.9. The van der Waals surface area contributed by atoms with Gasteiger partial charge in [-0.2, -0.15) is 0 Å². The highest BCUT2D eigenvalue weighted by atomic mass is 79.9. The number of ketones is 1. The molecule has 0 saturated carbocycles. The molecule has 1 aromatic carbocycles. The molecule has 2 atom stereocenters. The first kappa shape index (κ1) is 18.0. The maximum absolute atomic E-state index is 12.8. The van der Waals surface area contributed by atoms with E-state index < -0.39 is 17.7 Å². The van der Waals surface area contributed by atoms with Gasteiger partial charge in [-0.1, -0.05) is 28.1 Å². The molecule has 7 heteroatoms. The highest BCUT2D eigenvalue weighted by Crippen LogP contribution is 2.40. The van der Waals surface area contributed by atoms with E-state index in [0.29, 0.717) is 17.9 Å². The van der Waals surface area contributed by atoms with Gasteiger partial charge in [0, 0.05) is 23.2 Å². The fourth-order valence-electron chi connectivity index (χ4n) is 3.58. The molecule has 6 nitrogen and oxygen atoms in total. The molecule has 0 bridgehead atoms. The minimum atomic E-state index is -0.771. The third kappa shape index (κ3) is 3.33. The molecule has 0 radical (unpaired) electrons. The lowest BCUT2D eigenvalue weighted by Crippen LogP contribution is -2.36. The third-order valence-electron chi connectivity index (χ3n) is 4.89. The van der Waals surface area contributed by atoms with Gasteiger partial charge >= 0.3 is 0 Å². The second-order valence-corrected chi connectivity index (χ2v) is 7.52. The molecule has 2 aliphatic rings. The molecule has 2 saturated heterocycles. The minimum Gasteiger partial charge on any atom is -0.507 e. The van der Waals surface area contributed by atoms with Gasteiger partial charge in [-0.15, -0.1) is 0 Å². The van der Waals surface area contributed by atoms with E-state index in [-0.39, 0.29) is 24.0 Å². The van der Waals surface area contributed by atoms with E-state index in [1.165, 1.54) is 11.2 Å². The fraction of sp³-hybridized carbons (Fsp3) is 0.300. The van der Waals surface area contributed by atoms with Crippen molar-refractivity contribution in [2.45, 2.75) is 25.0 Å². The van der Waals surface area contributed by atoms with Crippen molar-refractivity contribution < 1.29 is 23.8 Å². The Bertz CT molecular complexity index is 882. The van der Waals surface area contributed by atoms with Crippen LogP contribution in [0.1, 0.15) is 30.2 Å². The largest absolute Gasteiger partial charge is 0.507 e. The van der Waals surface area contributed by atoms with Gasteiger partial charge in [0.25, 0.3) is 11.7 Å². The zero-order chi connectivity index (χ0) is 19.0. The maximum atomic E-state index is 12.8. The summed E-state index contributed by atoms with van der Waals surface area (Å²) in [5.74, 6) is -1.14. The lowest BCUT2D eigenvalue weighted by molar-refractivity contribution is -0.141. The molecular weight excluding hydrogens is 414 g/mol. The second-order valence-electron chi connectivity index (χ2n) is 6.61. The predicted molar refractivity (Wildman–Crippen MR) is 101 cm³/mol. The molecule has 2 aliphatic heterocycles. The van der Waals surface area contributed by atoms with Crippen molar-refractivity contribution in [2.75, 3.05) is 13.2 Å². The average Bonchev–Trinajstić information content (AvgIpc) is 3.40. The van der Waals surface area contributed by atoms with Gasteiger partial charge in [0.05, 0.1) is 17.9 Å². The van der Waals surface area contributed by atoms with Gasteiger partial charge in [0.2, 0.25) is 0 Å². The normalized spacial score (nSPS) is 24.7. The van der Waals surface area contributed by atoms with Crippen LogP contribution in [0.4, 0.5) is 0 Å². The summed E-state index contributed by atoms with van der Waals surface area (Å²) in [6.45, 7) is 0.936. The van der Waals surface area contributed by atoms with Crippen LogP contribution < -0.4 is 0 Å². The zero-order valence-corrected chi connectivity index (χ0v) is 16.0. The van der Waals surface area contributed by atoms with Gasteiger partial charge in [-0.05, 0) is 37.1 Å². The van der Waals surface area contributed by atoms with Crippen LogP contribution >= 0.6 is 15.9 Å². The van der Waals surface area contributed by atoms with E-state index in [1.54, 1.807) is 36.4 Å². The number of Topliss-reactive ketones (excluding diaryl/α,β-unsaturated/α-hetero) is 1. The number of likely N-dealkylation sites (tertiary alicyclic amines) is 1. The first-order valence-corrected chi connectivity index (χ1v) is 9.55. The Kier molecular flexibility index (Phi) is 4.88. The lowest BCUT2D eigenvalue weighted by Gasteiger charge is -2.25. The summed E-state index contributed by atoms with van der Waals surface area (Å²) < 4.78 is 12.0. The quantitative estimate of drug-likeness (QED) is 0.454. The van der Waals surface area contributed by atoms with Crippen molar-refractivity contribution in [2.24, 2.45) is 0 Å². The van der Waals surface area contributed by atoms with Gasteiger partial charge in [0.1, 0.15) is 17.6 Å². The van der Waals surface area contributed by atoms with Crippen molar-refractivity contribution in [1.29, 1.82) is 0 Å². The van der Waals surface area contributed by atoms with Gasteiger partial charge in [0.15, 0.2) is 0 Å².